The zero-order valence-electron chi connectivity index (χ0n) is 14.9. The van der Waals surface area contributed by atoms with Crippen LogP contribution < -0.4 is 4.74 Å². The lowest BCUT2D eigenvalue weighted by Gasteiger charge is -2.05. The first-order chi connectivity index (χ1) is 13.4. The molecule has 3 aromatic rings. The van der Waals surface area contributed by atoms with Crippen molar-refractivity contribution in [3.05, 3.63) is 68.3 Å². The van der Waals surface area contributed by atoms with Crippen LogP contribution in [0.3, 0.4) is 0 Å². The summed E-state index contributed by atoms with van der Waals surface area (Å²) in [6.07, 6.45) is 0. The fourth-order valence-corrected chi connectivity index (χ4v) is 3.36. The number of methoxy groups -OCH3 is 1. The van der Waals surface area contributed by atoms with E-state index in [4.69, 9.17) is 4.74 Å². The molecular formula is C17H15N5O5S. The molecule has 0 amide bonds. The van der Waals surface area contributed by atoms with Gasteiger partial charge >= 0.3 is 0 Å². The number of ether oxygens (including phenoxy) is 1. The van der Waals surface area contributed by atoms with Crippen molar-refractivity contribution in [2.45, 2.75) is 10.9 Å². The second-order valence-electron chi connectivity index (χ2n) is 5.75. The number of nitrogens with zero attached hydrogens (tertiary/aromatic N) is 5. The highest BCUT2D eigenvalue weighted by atomic mass is 32.2. The third-order valence-electron chi connectivity index (χ3n) is 3.94. The van der Waals surface area contributed by atoms with E-state index in [9.17, 15) is 20.2 Å². The Balaban J connectivity index is 1.86. The summed E-state index contributed by atoms with van der Waals surface area (Å²) in [7, 11) is 3.31. The van der Waals surface area contributed by atoms with Crippen LogP contribution in [0.1, 0.15) is 5.56 Å². The lowest BCUT2D eigenvalue weighted by Crippen LogP contribution is -1.98. The van der Waals surface area contributed by atoms with Gasteiger partial charge in [-0.15, -0.1) is 10.2 Å². The Bertz CT molecular complexity index is 1000. The summed E-state index contributed by atoms with van der Waals surface area (Å²) in [5.41, 5.74) is 0.563. The number of hydrogen-bond acceptors (Lipinski definition) is 8. The van der Waals surface area contributed by atoms with Crippen molar-refractivity contribution in [2.24, 2.45) is 7.05 Å². The van der Waals surface area contributed by atoms with Gasteiger partial charge in [-0.05, 0) is 17.7 Å². The van der Waals surface area contributed by atoms with E-state index in [1.165, 1.54) is 23.9 Å². The SMILES string of the molecule is COc1ccc(CSc2nnc(-c3cc([N+](=O)[O-])cc([N+](=O)[O-])c3)n2C)cc1. The molecular weight excluding hydrogens is 386 g/mol. The van der Waals surface area contributed by atoms with Crippen molar-refractivity contribution in [1.29, 1.82) is 0 Å². The van der Waals surface area contributed by atoms with E-state index >= 15 is 0 Å². The zero-order chi connectivity index (χ0) is 20.3. The fourth-order valence-electron chi connectivity index (χ4n) is 2.50. The molecule has 0 atom stereocenters. The minimum absolute atomic E-state index is 0.257. The molecule has 0 N–H and O–H groups in total. The number of aromatic nitrogens is 3. The van der Waals surface area contributed by atoms with Gasteiger partial charge in [0.25, 0.3) is 11.4 Å². The van der Waals surface area contributed by atoms with Crippen LogP contribution >= 0.6 is 11.8 Å². The average molecular weight is 401 g/mol. The van der Waals surface area contributed by atoms with E-state index in [2.05, 4.69) is 10.2 Å². The molecule has 1 aromatic heterocycles. The molecule has 2 aromatic carbocycles. The monoisotopic (exact) mass is 401 g/mol. The highest BCUT2D eigenvalue weighted by Crippen LogP contribution is 2.31. The molecule has 0 spiro atoms. The van der Waals surface area contributed by atoms with Crippen molar-refractivity contribution in [3.63, 3.8) is 0 Å². The smallest absolute Gasteiger partial charge is 0.277 e. The Morgan fingerprint density at radius 2 is 1.64 bits per heavy atom. The third-order valence-corrected chi connectivity index (χ3v) is 5.04. The molecule has 0 aliphatic heterocycles. The van der Waals surface area contributed by atoms with Crippen LogP contribution in [-0.2, 0) is 12.8 Å². The zero-order valence-corrected chi connectivity index (χ0v) is 15.8. The van der Waals surface area contributed by atoms with Crippen LogP contribution in [0.4, 0.5) is 11.4 Å². The van der Waals surface area contributed by atoms with Gasteiger partial charge < -0.3 is 9.30 Å². The van der Waals surface area contributed by atoms with Crippen LogP contribution in [0, 0.1) is 20.2 Å². The maximum Gasteiger partial charge on any atom is 0.277 e. The number of thioether (sulfide) groups is 1. The number of benzene rings is 2. The molecule has 3 rings (SSSR count). The van der Waals surface area contributed by atoms with Gasteiger partial charge in [0.2, 0.25) is 0 Å². The second kappa shape index (κ2) is 8.05. The van der Waals surface area contributed by atoms with Gasteiger partial charge in [-0.25, -0.2) is 0 Å². The van der Waals surface area contributed by atoms with Gasteiger partial charge in [0.15, 0.2) is 11.0 Å². The summed E-state index contributed by atoms with van der Waals surface area (Å²) in [6, 6.07) is 11.0. The van der Waals surface area contributed by atoms with E-state index < -0.39 is 9.85 Å². The third kappa shape index (κ3) is 4.09. The summed E-state index contributed by atoms with van der Waals surface area (Å²) in [5.74, 6) is 1.71. The van der Waals surface area contributed by atoms with Crippen LogP contribution in [0.15, 0.2) is 47.6 Å². The van der Waals surface area contributed by atoms with Crippen LogP contribution in [0.5, 0.6) is 5.75 Å². The molecule has 0 saturated heterocycles. The molecule has 28 heavy (non-hydrogen) atoms. The van der Waals surface area contributed by atoms with Crippen LogP contribution in [0.2, 0.25) is 0 Å². The predicted molar refractivity (Wildman–Crippen MR) is 102 cm³/mol. The normalized spacial score (nSPS) is 10.6. The van der Waals surface area contributed by atoms with Crippen molar-refractivity contribution in [3.8, 4) is 17.1 Å². The largest absolute Gasteiger partial charge is 0.497 e. The first kappa shape index (κ1) is 19.3. The van der Waals surface area contributed by atoms with E-state index in [0.29, 0.717) is 16.7 Å². The summed E-state index contributed by atoms with van der Waals surface area (Å²) in [6.45, 7) is 0. The molecule has 0 aliphatic rings. The van der Waals surface area contributed by atoms with Gasteiger partial charge in [-0.1, -0.05) is 23.9 Å². The molecule has 0 aliphatic carbocycles. The Morgan fingerprint density at radius 3 is 2.18 bits per heavy atom. The molecule has 144 valence electrons. The van der Waals surface area contributed by atoms with Crippen molar-refractivity contribution in [1.82, 2.24) is 14.8 Å². The summed E-state index contributed by atoms with van der Waals surface area (Å²) >= 11 is 1.43. The summed E-state index contributed by atoms with van der Waals surface area (Å²) in [4.78, 5) is 20.8. The van der Waals surface area contributed by atoms with Crippen LogP contribution in [-0.4, -0.2) is 31.7 Å². The van der Waals surface area contributed by atoms with Gasteiger partial charge in [0.1, 0.15) is 5.75 Å². The molecule has 0 bridgehead atoms. The lowest BCUT2D eigenvalue weighted by atomic mass is 10.1. The summed E-state index contributed by atoms with van der Waals surface area (Å²) < 4.78 is 6.78. The minimum atomic E-state index is -0.674. The van der Waals surface area contributed by atoms with Gasteiger partial charge in [-0.2, -0.15) is 0 Å². The van der Waals surface area contributed by atoms with E-state index in [1.54, 1.807) is 18.7 Å². The van der Waals surface area contributed by atoms with Gasteiger partial charge in [-0.3, -0.25) is 20.2 Å². The van der Waals surface area contributed by atoms with Gasteiger partial charge in [0.05, 0.1) is 23.0 Å². The number of non-ortho nitro benzene ring substituents is 2. The summed E-state index contributed by atoms with van der Waals surface area (Å²) in [5, 5.41) is 30.9. The van der Waals surface area contributed by atoms with E-state index in [-0.39, 0.29) is 16.9 Å². The number of nitro benzene ring substituents is 2. The molecule has 0 unspecified atom stereocenters. The molecule has 1 heterocycles. The Morgan fingerprint density at radius 1 is 1.04 bits per heavy atom. The lowest BCUT2D eigenvalue weighted by molar-refractivity contribution is -0.394. The predicted octanol–water partition coefficient (Wildman–Crippen LogP) is 3.60. The molecule has 10 nitrogen and oxygen atoms in total. The number of hydrogen-bond donors (Lipinski definition) is 0. The van der Waals surface area contributed by atoms with Crippen molar-refractivity contribution in [2.75, 3.05) is 7.11 Å². The number of rotatable bonds is 7. The molecule has 0 radical (unpaired) electrons. The highest BCUT2D eigenvalue weighted by molar-refractivity contribution is 7.98. The van der Waals surface area contributed by atoms with E-state index in [0.717, 1.165) is 17.4 Å². The van der Waals surface area contributed by atoms with Crippen molar-refractivity contribution >= 4 is 23.1 Å². The van der Waals surface area contributed by atoms with E-state index in [1.807, 2.05) is 24.3 Å². The van der Waals surface area contributed by atoms with Crippen LogP contribution in [0.25, 0.3) is 11.4 Å². The molecule has 0 saturated carbocycles. The standard InChI is InChI=1S/C17H15N5O5S/c1-20-16(12-7-13(21(23)24)9-14(8-12)22(25)26)18-19-17(20)28-10-11-3-5-15(27-2)6-4-11/h3-9H,10H2,1-2H3. The molecule has 0 fully saturated rings. The molecule has 11 heteroatoms. The highest BCUT2D eigenvalue weighted by Gasteiger charge is 2.20. The Hall–Kier alpha value is -3.47. The van der Waals surface area contributed by atoms with Gasteiger partial charge in [0, 0.05) is 30.5 Å². The maximum atomic E-state index is 11.1. The Kier molecular flexibility index (Phi) is 5.54. The fraction of sp³-hybridized carbons (Fsp3) is 0.176. The second-order valence-corrected chi connectivity index (χ2v) is 6.70. The first-order valence-corrected chi connectivity index (χ1v) is 8.97. The maximum absolute atomic E-state index is 11.1. The minimum Gasteiger partial charge on any atom is -0.497 e. The Labute approximate surface area is 163 Å². The number of nitro groups is 2. The van der Waals surface area contributed by atoms with Crippen molar-refractivity contribution < 1.29 is 14.6 Å². The first-order valence-electron chi connectivity index (χ1n) is 7.98. The average Bonchev–Trinajstić information content (AvgIpc) is 3.06. The quantitative estimate of drug-likeness (QED) is 0.334. The topological polar surface area (TPSA) is 126 Å².